The predicted octanol–water partition coefficient (Wildman–Crippen LogP) is -0.555. The molecule has 0 radical (unpaired) electrons. The third-order valence-electron chi connectivity index (χ3n) is 3.41. The van der Waals surface area contributed by atoms with Gasteiger partial charge in [-0.25, -0.2) is 9.78 Å². The van der Waals surface area contributed by atoms with Gasteiger partial charge in [0.15, 0.2) is 11.4 Å². The van der Waals surface area contributed by atoms with E-state index in [1.807, 2.05) is 0 Å². The zero-order chi connectivity index (χ0) is 14.2. The Morgan fingerprint density at radius 3 is 2.74 bits per heavy atom. The summed E-state index contributed by atoms with van der Waals surface area (Å²) in [5.41, 5.74) is 4.13. The summed E-state index contributed by atoms with van der Waals surface area (Å²) in [6.07, 6.45) is 1.61. The van der Waals surface area contributed by atoms with Gasteiger partial charge in [0.2, 0.25) is 5.91 Å². The van der Waals surface area contributed by atoms with Crippen molar-refractivity contribution in [2.75, 3.05) is 13.1 Å². The number of nitrogens with zero attached hydrogens (tertiary/aromatic N) is 2. The second-order valence-electron chi connectivity index (χ2n) is 4.83. The number of hydrogen-bond acceptors (Lipinski definition) is 4. The van der Waals surface area contributed by atoms with E-state index < -0.39 is 23.2 Å². The molecule has 0 saturated carbocycles. The number of hydrogen-bond donors (Lipinski definition) is 3. The molecule has 19 heavy (non-hydrogen) atoms. The zero-order valence-electron chi connectivity index (χ0n) is 10.3. The molecule has 1 aromatic heterocycles. The Bertz CT molecular complexity index is 553. The number of aromatic amines is 1. The lowest BCUT2D eigenvalue weighted by Crippen LogP contribution is -2.39. The van der Waals surface area contributed by atoms with Gasteiger partial charge in [-0.3, -0.25) is 9.59 Å². The highest BCUT2D eigenvalue weighted by Gasteiger charge is 2.41. The van der Waals surface area contributed by atoms with Crippen molar-refractivity contribution in [3.8, 4) is 0 Å². The molecule has 2 heterocycles. The first kappa shape index (κ1) is 13.1. The number of likely N-dealkylation sites (tertiary alicyclic amines) is 1. The predicted molar refractivity (Wildman–Crippen MR) is 63.4 cm³/mol. The lowest BCUT2D eigenvalue weighted by Gasteiger charge is -2.20. The summed E-state index contributed by atoms with van der Waals surface area (Å²) in [6, 6.07) is 0. The number of nitrogens with two attached hydrogens (primary N) is 1. The fourth-order valence-corrected chi connectivity index (χ4v) is 2.10. The second-order valence-corrected chi connectivity index (χ2v) is 4.83. The van der Waals surface area contributed by atoms with Gasteiger partial charge in [-0.1, -0.05) is 0 Å². The molecule has 2 rings (SSSR count). The van der Waals surface area contributed by atoms with Crippen molar-refractivity contribution in [3.05, 3.63) is 17.7 Å². The van der Waals surface area contributed by atoms with Crippen molar-refractivity contribution in [1.29, 1.82) is 0 Å². The molecule has 8 heteroatoms. The van der Waals surface area contributed by atoms with Crippen molar-refractivity contribution < 1.29 is 19.5 Å². The number of imidazole rings is 1. The molecule has 0 spiro atoms. The number of amides is 2. The molecule has 4 N–H and O–H groups in total. The largest absolute Gasteiger partial charge is 0.477 e. The van der Waals surface area contributed by atoms with Gasteiger partial charge in [-0.2, -0.15) is 0 Å². The fourth-order valence-electron chi connectivity index (χ4n) is 2.10. The number of rotatable bonds is 3. The van der Waals surface area contributed by atoms with Crippen LogP contribution >= 0.6 is 0 Å². The van der Waals surface area contributed by atoms with Gasteiger partial charge in [-0.05, 0) is 13.3 Å². The topological polar surface area (TPSA) is 129 Å². The van der Waals surface area contributed by atoms with Crippen LogP contribution in [0.5, 0.6) is 0 Å². The molecule has 8 nitrogen and oxygen atoms in total. The molecular formula is C11H14N4O4. The average molecular weight is 266 g/mol. The maximum Gasteiger partial charge on any atom is 0.354 e. The van der Waals surface area contributed by atoms with Crippen molar-refractivity contribution in [1.82, 2.24) is 14.9 Å². The molecule has 1 saturated heterocycles. The quantitative estimate of drug-likeness (QED) is 0.675. The minimum absolute atomic E-state index is 0.152. The summed E-state index contributed by atoms with van der Waals surface area (Å²) in [6.45, 7) is 2.21. The smallest absolute Gasteiger partial charge is 0.354 e. The first-order valence-electron chi connectivity index (χ1n) is 5.71. The Kier molecular flexibility index (Phi) is 3.01. The van der Waals surface area contributed by atoms with Crippen LogP contribution in [-0.4, -0.2) is 50.8 Å². The van der Waals surface area contributed by atoms with Crippen LogP contribution < -0.4 is 5.73 Å². The summed E-state index contributed by atoms with van der Waals surface area (Å²) in [7, 11) is 0. The van der Waals surface area contributed by atoms with Crippen LogP contribution in [0.15, 0.2) is 6.33 Å². The summed E-state index contributed by atoms with van der Waals surface area (Å²) in [5, 5.41) is 8.92. The van der Waals surface area contributed by atoms with E-state index in [4.69, 9.17) is 10.8 Å². The lowest BCUT2D eigenvalue weighted by atomic mass is 9.89. The summed E-state index contributed by atoms with van der Waals surface area (Å²) in [4.78, 5) is 41.9. The normalized spacial score (nSPS) is 22.5. The number of nitrogens with one attached hydrogen (secondary N) is 1. The molecule has 1 unspecified atom stereocenters. The van der Waals surface area contributed by atoms with Gasteiger partial charge in [0, 0.05) is 13.1 Å². The molecular weight excluding hydrogens is 252 g/mol. The van der Waals surface area contributed by atoms with Crippen LogP contribution in [0, 0.1) is 5.41 Å². The van der Waals surface area contributed by atoms with Crippen LogP contribution in [0.4, 0.5) is 0 Å². The average Bonchev–Trinajstić information content (AvgIpc) is 2.95. The van der Waals surface area contributed by atoms with Gasteiger partial charge in [0.1, 0.15) is 0 Å². The number of aromatic nitrogens is 2. The van der Waals surface area contributed by atoms with E-state index in [1.54, 1.807) is 6.92 Å². The Hall–Kier alpha value is -2.38. The standard InChI is InChI=1S/C11H14N4O4/c1-11(10(12)19)2-3-15(4-11)8(16)6-7(9(17)18)14-5-13-6/h5H,2-4H2,1H3,(H2,12,19)(H,13,14)(H,17,18). The first-order chi connectivity index (χ1) is 8.85. The van der Waals surface area contributed by atoms with E-state index in [2.05, 4.69) is 9.97 Å². The maximum absolute atomic E-state index is 12.2. The molecule has 0 bridgehead atoms. The van der Waals surface area contributed by atoms with Crippen molar-refractivity contribution in [3.63, 3.8) is 0 Å². The monoisotopic (exact) mass is 266 g/mol. The number of carboxylic acid groups (broad SMARTS) is 1. The lowest BCUT2D eigenvalue weighted by molar-refractivity contribution is -0.126. The summed E-state index contributed by atoms with van der Waals surface area (Å²) in [5.74, 6) is -2.23. The highest BCUT2D eigenvalue weighted by Crippen LogP contribution is 2.30. The SMILES string of the molecule is CC1(C(N)=O)CCN(C(=O)c2nc[nH]c2C(=O)O)C1. The Labute approximate surface area is 108 Å². The van der Waals surface area contributed by atoms with Crippen molar-refractivity contribution >= 4 is 17.8 Å². The van der Waals surface area contributed by atoms with Gasteiger partial charge in [-0.15, -0.1) is 0 Å². The molecule has 1 atom stereocenters. The third kappa shape index (κ3) is 2.16. The van der Waals surface area contributed by atoms with Gasteiger partial charge < -0.3 is 20.7 Å². The van der Waals surface area contributed by atoms with Crippen LogP contribution in [0.25, 0.3) is 0 Å². The first-order valence-corrected chi connectivity index (χ1v) is 5.71. The molecule has 1 aliphatic rings. The Balaban J connectivity index is 2.20. The maximum atomic E-state index is 12.2. The van der Waals surface area contributed by atoms with Gasteiger partial charge >= 0.3 is 5.97 Å². The van der Waals surface area contributed by atoms with E-state index in [0.29, 0.717) is 13.0 Å². The van der Waals surface area contributed by atoms with E-state index in [1.165, 1.54) is 4.90 Å². The number of primary amides is 1. The molecule has 1 fully saturated rings. The molecule has 102 valence electrons. The Morgan fingerprint density at radius 2 is 2.21 bits per heavy atom. The molecule has 1 aliphatic heterocycles. The molecule has 0 aliphatic carbocycles. The molecule has 2 amide bonds. The van der Waals surface area contributed by atoms with E-state index in [0.717, 1.165) is 6.33 Å². The summed E-state index contributed by atoms with van der Waals surface area (Å²) < 4.78 is 0. The summed E-state index contributed by atoms with van der Waals surface area (Å²) >= 11 is 0. The van der Waals surface area contributed by atoms with Gasteiger partial charge in [0.25, 0.3) is 5.91 Å². The fraction of sp³-hybridized carbons (Fsp3) is 0.455. The van der Waals surface area contributed by atoms with E-state index >= 15 is 0 Å². The number of H-pyrrole nitrogens is 1. The third-order valence-corrected chi connectivity index (χ3v) is 3.41. The van der Waals surface area contributed by atoms with E-state index in [9.17, 15) is 14.4 Å². The molecule has 1 aromatic rings. The highest BCUT2D eigenvalue weighted by molar-refractivity contribution is 6.02. The number of carbonyl (C=O) groups excluding carboxylic acids is 2. The van der Waals surface area contributed by atoms with Crippen molar-refractivity contribution in [2.45, 2.75) is 13.3 Å². The Morgan fingerprint density at radius 1 is 1.53 bits per heavy atom. The minimum Gasteiger partial charge on any atom is -0.477 e. The van der Waals surface area contributed by atoms with Crippen molar-refractivity contribution in [2.24, 2.45) is 11.1 Å². The van der Waals surface area contributed by atoms with E-state index in [-0.39, 0.29) is 17.9 Å². The molecule has 0 aromatic carbocycles. The highest BCUT2D eigenvalue weighted by atomic mass is 16.4. The van der Waals surface area contributed by atoms with Crippen LogP contribution in [0.2, 0.25) is 0 Å². The second kappa shape index (κ2) is 4.38. The minimum atomic E-state index is -1.25. The zero-order valence-corrected chi connectivity index (χ0v) is 10.3. The van der Waals surface area contributed by atoms with Gasteiger partial charge in [0.05, 0.1) is 11.7 Å². The number of carbonyl (C=O) groups is 3. The van der Waals surface area contributed by atoms with Crippen LogP contribution in [0.1, 0.15) is 34.3 Å². The van der Waals surface area contributed by atoms with Crippen LogP contribution in [0.3, 0.4) is 0 Å². The number of carboxylic acids is 1. The number of aromatic carboxylic acids is 1. The van der Waals surface area contributed by atoms with Crippen LogP contribution in [-0.2, 0) is 4.79 Å².